The first-order valence-corrected chi connectivity index (χ1v) is 7.90. The van der Waals surface area contributed by atoms with Gasteiger partial charge in [0.05, 0.1) is 16.6 Å². The first-order valence-electron chi connectivity index (χ1n) is 9.02. The maximum atomic E-state index is 14.8. The molecule has 3 heterocycles. The van der Waals surface area contributed by atoms with Gasteiger partial charge in [-0.25, -0.2) is 18.6 Å². The predicted octanol–water partition coefficient (Wildman–Crippen LogP) is 3.34. The molecule has 0 fully saturated rings. The molecule has 0 radical (unpaired) electrons. The molecule has 4 rings (SSSR count). The predicted molar refractivity (Wildman–Crippen MR) is 91.5 cm³/mol. The summed E-state index contributed by atoms with van der Waals surface area (Å²) in [6.45, 7) is -2.54. The summed E-state index contributed by atoms with van der Waals surface area (Å²) >= 11 is 6.15. The normalized spacial score (nSPS) is 16.3. The molecule has 1 aromatic carbocycles. The van der Waals surface area contributed by atoms with E-state index in [2.05, 4.69) is 9.97 Å². The number of nitrogens with zero attached hydrogens (tertiary/aromatic N) is 4. The SMILES string of the molecule is [2H]C([2H])([2H])n1c(=O)nc(N2CCCc3c2ccnc3Cl)c2c(F)c(F)ccc21. The molecular weight excluding hydrogens is 350 g/mol. The van der Waals surface area contributed by atoms with E-state index in [-0.39, 0.29) is 21.9 Å². The molecule has 1 aliphatic rings. The van der Waals surface area contributed by atoms with E-state index in [1.165, 1.54) is 6.20 Å². The zero-order chi connectivity index (χ0) is 20.2. The van der Waals surface area contributed by atoms with Crippen molar-refractivity contribution >= 4 is 34.0 Å². The van der Waals surface area contributed by atoms with Crippen molar-refractivity contribution in [2.75, 3.05) is 11.4 Å². The quantitative estimate of drug-likeness (QED) is 0.621. The lowest BCUT2D eigenvalue weighted by molar-refractivity contribution is 0.516. The number of aromatic nitrogens is 3. The second-order valence-electron chi connectivity index (χ2n) is 5.66. The van der Waals surface area contributed by atoms with Crippen LogP contribution in [0.2, 0.25) is 5.15 Å². The van der Waals surface area contributed by atoms with E-state index in [0.29, 0.717) is 35.2 Å². The van der Waals surface area contributed by atoms with Crippen molar-refractivity contribution in [3.05, 3.63) is 57.2 Å². The minimum atomic E-state index is -2.90. The third-order valence-corrected chi connectivity index (χ3v) is 4.59. The largest absolute Gasteiger partial charge is 0.349 e. The molecule has 25 heavy (non-hydrogen) atoms. The number of hydrogen-bond donors (Lipinski definition) is 0. The van der Waals surface area contributed by atoms with Gasteiger partial charge in [-0.3, -0.25) is 4.57 Å². The van der Waals surface area contributed by atoms with Crippen LogP contribution in [0.1, 0.15) is 16.1 Å². The highest BCUT2D eigenvalue weighted by Gasteiger charge is 2.26. The Morgan fingerprint density at radius 2 is 2.16 bits per heavy atom. The first-order chi connectivity index (χ1) is 13.2. The highest BCUT2D eigenvalue weighted by molar-refractivity contribution is 6.30. The molecule has 128 valence electrons. The van der Waals surface area contributed by atoms with Crippen LogP contribution in [0.3, 0.4) is 0 Å². The average Bonchev–Trinajstić information content (AvgIpc) is 2.63. The first kappa shape index (κ1) is 12.8. The fourth-order valence-corrected chi connectivity index (χ4v) is 3.38. The van der Waals surface area contributed by atoms with E-state index in [0.717, 1.165) is 12.1 Å². The Balaban J connectivity index is 2.10. The molecule has 1 aliphatic heterocycles. The Morgan fingerprint density at radius 1 is 1.32 bits per heavy atom. The van der Waals surface area contributed by atoms with Crippen LogP contribution < -0.4 is 10.6 Å². The van der Waals surface area contributed by atoms with Gasteiger partial charge in [-0.15, -0.1) is 0 Å². The van der Waals surface area contributed by atoms with Gasteiger partial charge in [-0.1, -0.05) is 11.6 Å². The smallest absolute Gasteiger partial charge is 0.325 e. The van der Waals surface area contributed by atoms with Gasteiger partial charge in [0.2, 0.25) is 0 Å². The highest BCUT2D eigenvalue weighted by atomic mass is 35.5. The lowest BCUT2D eigenvalue weighted by Crippen LogP contribution is -2.30. The van der Waals surface area contributed by atoms with Crippen molar-refractivity contribution in [3.8, 4) is 0 Å². The van der Waals surface area contributed by atoms with E-state index in [9.17, 15) is 13.6 Å². The molecule has 0 spiro atoms. The second kappa shape index (κ2) is 5.77. The number of fused-ring (bicyclic) bond motifs is 2. The van der Waals surface area contributed by atoms with Crippen molar-refractivity contribution < 1.29 is 12.9 Å². The number of anilines is 2. The maximum Gasteiger partial charge on any atom is 0.349 e. The Bertz CT molecular complexity index is 1170. The third-order valence-electron chi connectivity index (χ3n) is 4.26. The van der Waals surface area contributed by atoms with Gasteiger partial charge in [0.15, 0.2) is 17.5 Å². The highest BCUT2D eigenvalue weighted by Crippen LogP contribution is 2.38. The minimum Gasteiger partial charge on any atom is -0.325 e. The van der Waals surface area contributed by atoms with Crippen molar-refractivity contribution in [2.45, 2.75) is 12.8 Å². The number of benzene rings is 1. The zero-order valence-electron chi connectivity index (χ0n) is 15.8. The Kier molecular flexibility index (Phi) is 2.95. The van der Waals surface area contributed by atoms with Crippen LogP contribution in [-0.2, 0) is 13.4 Å². The van der Waals surface area contributed by atoms with E-state index < -0.39 is 24.3 Å². The molecule has 0 atom stereocenters. The third kappa shape index (κ3) is 2.38. The summed E-state index contributed by atoms with van der Waals surface area (Å²) in [6, 6.07) is 3.49. The molecule has 2 aromatic heterocycles. The summed E-state index contributed by atoms with van der Waals surface area (Å²) in [5.41, 5.74) is -0.0844. The van der Waals surface area contributed by atoms with Crippen LogP contribution in [0.4, 0.5) is 20.3 Å². The van der Waals surface area contributed by atoms with E-state index in [1.807, 2.05) is 0 Å². The van der Waals surface area contributed by atoms with Crippen LogP contribution in [0.15, 0.2) is 29.2 Å². The molecule has 0 bridgehead atoms. The maximum absolute atomic E-state index is 14.8. The molecule has 0 unspecified atom stereocenters. The van der Waals surface area contributed by atoms with E-state index >= 15 is 0 Å². The van der Waals surface area contributed by atoms with Gasteiger partial charge in [-0.05, 0) is 31.0 Å². The number of pyridine rings is 1. The van der Waals surface area contributed by atoms with Crippen LogP contribution >= 0.6 is 11.6 Å². The number of aryl methyl sites for hydroxylation is 1. The van der Waals surface area contributed by atoms with Crippen LogP contribution in [-0.4, -0.2) is 21.1 Å². The molecule has 0 saturated heterocycles. The standard InChI is InChI=1S/C17H13ClF2N4O/c1-23-12-5-4-10(19)14(20)13(12)16(22-17(23)25)24-8-2-3-9-11(24)6-7-21-15(9)18/h4-7H,2-3,8H2,1H3/i1D3. The van der Waals surface area contributed by atoms with Gasteiger partial charge < -0.3 is 4.90 Å². The van der Waals surface area contributed by atoms with E-state index in [1.54, 1.807) is 11.0 Å². The van der Waals surface area contributed by atoms with E-state index in [4.69, 9.17) is 15.7 Å². The summed E-state index contributed by atoms with van der Waals surface area (Å²) in [5.74, 6) is -2.60. The van der Waals surface area contributed by atoms with Gasteiger partial charge in [0.1, 0.15) is 5.15 Å². The fraction of sp³-hybridized carbons (Fsp3) is 0.235. The fourth-order valence-electron chi connectivity index (χ4n) is 3.13. The average molecular weight is 366 g/mol. The van der Waals surface area contributed by atoms with Crippen molar-refractivity contribution in [3.63, 3.8) is 0 Å². The number of halogens is 3. The van der Waals surface area contributed by atoms with Crippen LogP contribution in [0, 0.1) is 11.6 Å². The van der Waals surface area contributed by atoms with Crippen LogP contribution in [0.5, 0.6) is 0 Å². The summed E-state index contributed by atoms with van der Waals surface area (Å²) in [6.07, 6.45) is 2.70. The van der Waals surface area contributed by atoms with Gasteiger partial charge in [-0.2, -0.15) is 4.98 Å². The summed E-state index contributed by atoms with van der Waals surface area (Å²) in [7, 11) is 0. The molecule has 0 saturated carbocycles. The van der Waals surface area contributed by atoms with Gasteiger partial charge in [0, 0.05) is 29.4 Å². The molecule has 8 heteroatoms. The number of rotatable bonds is 1. The summed E-state index contributed by atoms with van der Waals surface area (Å²) in [5, 5.41) is -0.106. The number of hydrogen-bond acceptors (Lipinski definition) is 4. The topological polar surface area (TPSA) is 51.0 Å². The second-order valence-corrected chi connectivity index (χ2v) is 6.02. The monoisotopic (exact) mass is 365 g/mol. The lowest BCUT2D eigenvalue weighted by Gasteiger charge is -2.31. The molecule has 3 aromatic rings. The van der Waals surface area contributed by atoms with Gasteiger partial charge in [0.25, 0.3) is 0 Å². The molecule has 0 N–H and O–H groups in total. The van der Waals surface area contributed by atoms with Crippen LogP contribution in [0.25, 0.3) is 10.9 Å². The Hall–Kier alpha value is -2.54. The molecular formula is C17H13ClF2N4O. The van der Waals surface area contributed by atoms with Crippen molar-refractivity contribution in [2.24, 2.45) is 6.98 Å². The van der Waals surface area contributed by atoms with Crippen molar-refractivity contribution in [1.82, 2.24) is 14.5 Å². The molecule has 0 aliphatic carbocycles. The Labute approximate surface area is 150 Å². The summed E-state index contributed by atoms with van der Waals surface area (Å²) in [4.78, 5) is 21.9. The minimum absolute atomic E-state index is 0.152. The summed E-state index contributed by atoms with van der Waals surface area (Å²) < 4.78 is 51.9. The Morgan fingerprint density at radius 3 is 2.96 bits per heavy atom. The van der Waals surface area contributed by atoms with Crippen molar-refractivity contribution in [1.29, 1.82) is 0 Å². The zero-order valence-corrected chi connectivity index (χ0v) is 13.5. The molecule has 0 amide bonds. The molecule has 5 nitrogen and oxygen atoms in total. The van der Waals surface area contributed by atoms with Gasteiger partial charge >= 0.3 is 5.69 Å². The lowest BCUT2D eigenvalue weighted by atomic mass is 10.0.